The van der Waals surface area contributed by atoms with Crippen molar-refractivity contribution in [2.24, 2.45) is 17.8 Å². The van der Waals surface area contributed by atoms with Crippen LogP contribution in [0.5, 0.6) is 11.5 Å². The molecule has 128 valence electrons. The summed E-state index contributed by atoms with van der Waals surface area (Å²) in [6.45, 7) is 7.45. The fourth-order valence-electron chi connectivity index (χ4n) is 4.86. The zero-order valence-electron chi connectivity index (χ0n) is 14.2. The third kappa shape index (κ3) is 2.82. The van der Waals surface area contributed by atoms with Gasteiger partial charge in [0, 0.05) is 39.3 Å². The van der Waals surface area contributed by atoms with Gasteiger partial charge in [0.15, 0.2) is 11.5 Å². The average molecular weight is 326 g/mol. The van der Waals surface area contributed by atoms with Crippen molar-refractivity contribution >= 4 is 0 Å². The van der Waals surface area contributed by atoms with Crippen LogP contribution < -0.4 is 9.47 Å². The highest BCUT2D eigenvalue weighted by atomic mass is 16.7. The summed E-state index contributed by atoms with van der Waals surface area (Å²) >= 11 is 0. The molecule has 0 radical (unpaired) electrons. The normalized spacial score (nSPS) is 31.9. The highest BCUT2D eigenvalue weighted by Gasteiger charge is 2.36. The van der Waals surface area contributed by atoms with Crippen LogP contribution in [0.2, 0.25) is 0 Å². The molecular weight excluding hydrogens is 300 g/mol. The number of benzene rings is 1. The number of allylic oxidation sites excluding steroid dienone is 2. The van der Waals surface area contributed by atoms with Gasteiger partial charge in [-0.3, -0.25) is 4.90 Å². The lowest BCUT2D eigenvalue weighted by atomic mass is 9.93. The number of nitrogens with zero attached hydrogens (tertiary/aromatic N) is 2. The Morgan fingerprint density at radius 3 is 2.54 bits per heavy atom. The first-order valence-electron chi connectivity index (χ1n) is 9.35. The Morgan fingerprint density at radius 1 is 0.917 bits per heavy atom. The summed E-state index contributed by atoms with van der Waals surface area (Å²) in [5, 5.41) is 0. The Labute approximate surface area is 144 Å². The van der Waals surface area contributed by atoms with Crippen LogP contribution in [-0.4, -0.2) is 49.3 Å². The Hall–Kier alpha value is -1.52. The summed E-state index contributed by atoms with van der Waals surface area (Å²) < 4.78 is 10.9. The molecule has 2 aliphatic heterocycles. The van der Waals surface area contributed by atoms with Crippen LogP contribution in [0.4, 0.5) is 0 Å². The molecule has 3 atom stereocenters. The predicted molar refractivity (Wildman–Crippen MR) is 93.1 cm³/mol. The van der Waals surface area contributed by atoms with Crippen molar-refractivity contribution in [3.05, 3.63) is 35.9 Å². The zero-order chi connectivity index (χ0) is 15.9. The summed E-state index contributed by atoms with van der Waals surface area (Å²) in [6.07, 6.45) is 7.78. The maximum atomic E-state index is 5.49. The van der Waals surface area contributed by atoms with Gasteiger partial charge >= 0.3 is 0 Å². The summed E-state index contributed by atoms with van der Waals surface area (Å²) in [5.74, 6) is 4.47. The second-order valence-electron chi connectivity index (χ2n) is 7.80. The molecule has 2 bridgehead atoms. The van der Waals surface area contributed by atoms with Gasteiger partial charge in [-0.1, -0.05) is 18.2 Å². The van der Waals surface area contributed by atoms with E-state index >= 15 is 0 Å². The van der Waals surface area contributed by atoms with E-state index in [0.29, 0.717) is 6.79 Å². The molecule has 5 rings (SSSR count). The van der Waals surface area contributed by atoms with Crippen molar-refractivity contribution < 1.29 is 9.47 Å². The number of ether oxygens (including phenoxy) is 2. The summed E-state index contributed by atoms with van der Waals surface area (Å²) in [7, 11) is 0. The van der Waals surface area contributed by atoms with Crippen molar-refractivity contribution in [2.45, 2.75) is 19.4 Å². The molecule has 0 amide bonds. The minimum absolute atomic E-state index is 0.357. The maximum absolute atomic E-state index is 5.49. The van der Waals surface area contributed by atoms with Crippen molar-refractivity contribution in [3.63, 3.8) is 0 Å². The van der Waals surface area contributed by atoms with Crippen molar-refractivity contribution in [3.8, 4) is 11.5 Å². The lowest BCUT2D eigenvalue weighted by Crippen LogP contribution is -2.47. The highest BCUT2D eigenvalue weighted by Crippen LogP contribution is 2.43. The fraction of sp³-hybridized carbons (Fsp3) is 0.600. The van der Waals surface area contributed by atoms with E-state index in [1.165, 1.54) is 51.1 Å². The van der Waals surface area contributed by atoms with E-state index < -0.39 is 0 Å². The van der Waals surface area contributed by atoms with Gasteiger partial charge in [0.2, 0.25) is 6.79 Å². The SMILES string of the molecule is C1=C[C@@H]2C[C@H]1C[C@@H]2CN1CCN(Cc2ccc3c(c2)OCO3)CC1. The second kappa shape index (κ2) is 6.08. The van der Waals surface area contributed by atoms with Gasteiger partial charge in [0.05, 0.1) is 0 Å². The van der Waals surface area contributed by atoms with Crippen molar-refractivity contribution in [1.29, 1.82) is 0 Å². The molecule has 0 aromatic heterocycles. The van der Waals surface area contributed by atoms with Gasteiger partial charge in [0.1, 0.15) is 0 Å². The molecule has 1 aromatic carbocycles. The molecule has 24 heavy (non-hydrogen) atoms. The highest BCUT2D eigenvalue weighted by molar-refractivity contribution is 5.44. The number of hydrogen-bond donors (Lipinski definition) is 0. The largest absolute Gasteiger partial charge is 0.454 e. The van der Waals surface area contributed by atoms with Gasteiger partial charge in [-0.05, 0) is 48.3 Å². The molecule has 0 N–H and O–H groups in total. The average Bonchev–Trinajstić information content (AvgIpc) is 3.32. The number of rotatable bonds is 4. The van der Waals surface area contributed by atoms with E-state index in [9.17, 15) is 0 Å². The van der Waals surface area contributed by atoms with Crippen molar-refractivity contribution in [1.82, 2.24) is 9.80 Å². The Bertz CT molecular complexity index is 637. The second-order valence-corrected chi connectivity index (χ2v) is 7.80. The molecule has 4 heteroatoms. The quantitative estimate of drug-likeness (QED) is 0.795. The van der Waals surface area contributed by atoms with Gasteiger partial charge < -0.3 is 14.4 Å². The van der Waals surface area contributed by atoms with Crippen LogP contribution in [0.25, 0.3) is 0 Å². The Morgan fingerprint density at radius 2 is 1.75 bits per heavy atom. The number of hydrogen-bond acceptors (Lipinski definition) is 4. The standard InChI is InChI=1S/C20H26N2O2/c1-3-17-9-15(1)10-18(17)13-22-7-5-21(6-8-22)12-16-2-4-19-20(11-16)24-14-23-19/h1-4,11,15,17-18H,5-10,12-14H2/t15-,17+,18+/m0/s1. The maximum Gasteiger partial charge on any atom is 0.231 e. The van der Waals surface area contributed by atoms with E-state index in [1.54, 1.807) is 0 Å². The van der Waals surface area contributed by atoms with Gasteiger partial charge in [-0.15, -0.1) is 0 Å². The molecular formula is C20H26N2O2. The molecule has 1 saturated heterocycles. The Balaban J connectivity index is 1.12. The first-order chi connectivity index (χ1) is 11.8. The minimum atomic E-state index is 0.357. The van der Waals surface area contributed by atoms with Gasteiger partial charge in [0.25, 0.3) is 0 Å². The smallest absolute Gasteiger partial charge is 0.231 e. The Kier molecular flexibility index (Phi) is 3.75. The molecule has 2 aliphatic carbocycles. The van der Waals surface area contributed by atoms with E-state index in [1.807, 2.05) is 6.07 Å². The molecule has 0 spiro atoms. The van der Waals surface area contributed by atoms with Crippen LogP contribution >= 0.6 is 0 Å². The van der Waals surface area contributed by atoms with Crippen LogP contribution in [0.3, 0.4) is 0 Å². The van der Waals surface area contributed by atoms with E-state index in [4.69, 9.17) is 9.47 Å². The first-order valence-corrected chi connectivity index (χ1v) is 9.35. The zero-order valence-corrected chi connectivity index (χ0v) is 14.2. The molecule has 4 nitrogen and oxygen atoms in total. The fourth-order valence-corrected chi connectivity index (χ4v) is 4.86. The molecule has 1 aromatic rings. The third-order valence-corrected chi connectivity index (χ3v) is 6.22. The first kappa shape index (κ1) is 14.8. The topological polar surface area (TPSA) is 24.9 Å². The molecule has 2 fully saturated rings. The van der Waals surface area contributed by atoms with Crippen LogP contribution in [0, 0.1) is 17.8 Å². The number of piperazine rings is 1. The summed E-state index contributed by atoms with van der Waals surface area (Å²) in [6, 6.07) is 6.34. The molecule has 0 unspecified atom stereocenters. The predicted octanol–water partition coefficient (Wildman–Crippen LogP) is 2.75. The van der Waals surface area contributed by atoms with Crippen LogP contribution in [-0.2, 0) is 6.54 Å². The summed E-state index contributed by atoms with van der Waals surface area (Å²) in [5.41, 5.74) is 1.32. The summed E-state index contributed by atoms with van der Waals surface area (Å²) in [4.78, 5) is 5.25. The minimum Gasteiger partial charge on any atom is -0.454 e. The van der Waals surface area contributed by atoms with Crippen LogP contribution in [0.1, 0.15) is 18.4 Å². The van der Waals surface area contributed by atoms with Gasteiger partial charge in [-0.2, -0.15) is 0 Å². The third-order valence-electron chi connectivity index (χ3n) is 6.22. The monoisotopic (exact) mass is 326 g/mol. The molecule has 1 saturated carbocycles. The van der Waals surface area contributed by atoms with E-state index in [0.717, 1.165) is 35.8 Å². The lowest BCUT2D eigenvalue weighted by molar-refractivity contribution is 0.108. The molecule has 4 aliphatic rings. The lowest BCUT2D eigenvalue weighted by Gasteiger charge is -2.37. The van der Waals surface area contributed by atoms with E-state index in [-0.39, 0.29) is 0 Å². The van der Waals surface area contributed by atoms with Gasteiger partial charge in [-0.25, -0.2) is 0 Å². The van der Waals surface area contributed by atoms with Crippen molar-refractivity contribution in [2.75, 3.05) is 39.5 Å². The van der Waals surface area contributed by atoms with Crippen LogP contribution in [0.15, 0.2) is 30.4 Å². The van der Waals surface area contributed by atoms with E-state index in [2.05, 4.69) is 34.1 Å². The molecule has 2 heterocycles. The number of fused-ring (bicyclic) bond motifs is 3.